The first kappa shape index (κ1) is 14.6. The molecule has 3 rings (SSSR count). The summed E-state index contributed by atoms with van der Waals surface area (Å²) in [4.78, 5) is 11.8. The lowest BCUT2D eigenvalue weighted by molar-refractivity contribution is -0.126. The van der Waals surface area contributed by atoms with E-state index >= 15 is 0 Å². The fourth-order valence-electron chi connectivity index (χ4n) is 2.29. The lowest BCUT2D eigenvalue weighted by Gasteiger charge is -2.25. The monoisotopic (exact) mass is 296 g/mol. The van der Waals surface area contributed by atoms with Gasteiger partial charge < -0.3 is 15.4 Å². The molecule has 22 heavy (non-hydrogen) atoms. The number of ether oxygens (including phenoxy) is 1. The average molecular weight is 296 g/mol. The smallest absolute Gasteiger partial charge is 0.225 e. The Labute approximate surface area is 130 Å². The van der Waals surface area contributed by atoms with Crippen molar-refractivity contribution in [1.29, 1.82) is 0 Å². The first-order valence-electron chi connectivity index (χ1n) is 7.55. The van der Waals surface area contributed by atoms with Crippen molar-refractivity contribution in [3.63, 3.8) is 0 Å². The van der Waals surface area contributed by atoms with Crippen molar-refractivity contribution in [2.24, 2.45) is 5.92 Å². The molecule has 4 nitrogen and oxygen atoms in total. The average Bonchev–Trinajstić information content (AvgIpc) is 2.51. The quantitative estimate of drug-likeness (QED) is 0.858. The van der Waals surface area contributed by atoms with Crippen LogP contribution in [0.25, 0.3) is 0 Å². The SMILES string of the molecule is O=C(NCc1cccc(OCc2ccccc2)c1)C1CNC1. The molecule has 114 valence electrons. The van der Waals surface area contributed by atoms with Crippen LogP contribution in [-0.2, 0) is 17.9 Å². The number of carbonyl (C=O) groups excluding carboxylic acids is 1. The van der Waals surface area contributed by atoms with Gasteiger partial charge in [-0.2, -0.15) is 0 Å². The molecule has 0 atom stereocenters. The Balaban J connectivity index is 1.52. The highest BCUT2D eigenvalue weighted by Gasteiger charge is 2.24. The Morgan fingerprint density at radius 2 is 1.86 bits per heavy atom. The number of carbonyl (C=O) groups is 1. The Morgan fingerprint density at radius 1 is 1.09 bits per heavy atom. The van der Waals surface area contributed by atoms with E-state index in [-0.39, 0.29) is 11.8 Å². The summed E-state index contributed by atoms with van der Waals surface area (Å²) in [6.07, 6.45) is 0. The van der Waals surface area contributed by atoms with Crippen molar-refractivity contribution < 1.29 is 9.53 Å². The molecule has 0 radical (unpaired) electrons. The molecule has 1 amide bonds. The highest BCUT2D eigenvalue weighted by atomic mass is 16.5. The van der Waals surface area contributed by atoms with Gasteiger partial charge in [0.05, 0.1) is 5.92 Å². The largest absolute Gasteiger partial charge is 0.489 e. The van der Waals surface area contributed by atoms with Crippen molar-refractivity contribution in [2.45, 2.75) is 13.2 Å². The number of amides is 1. The van der Waals surface area contributed by atoms with Crippen molar-refractivity contribution in [3.05, 3.63) is 65.7 Å². The third-order valence-corrected chi connectivity index (χ3v) is 3.77. The van der Waals surface area contributed by atoms with Gasteiger partial charge in [0.15, 0.2) is 0 Å². The van der Waals surface area contributed by atoms with Crippen LogP contribution in [0.4, 0.5) is 0 Å². The van der Waals surface area contributed by atoms with Crippen LogP contribution in [0, 0.1) is 5.92 Å². The summed E-state index contributed by atoms with van der Waals surface area (Å²) in [6, 6.07) is 17.9. The second-order valence-electron chi connectivity index (χ2n) is 5.49. The molecule has 0 saturated carbocycles. The predicted octanol–water partition coefficient (Wildman–Crippen LogP) is 2.10. The zero-order valence-corrected chi connectivity index (χ0v) is 12.4. The molecule has 2 N–H and O–H groups in total. The van der Waals surface area contributed by atoms with Gasteiger partial charge in [-0.15, -0.1) is 0 Å². The van der Waals surface area contributed by atoms with Crippen LogP contribution in [0.3, 0.4) is 0 Å². The second kappa shape index (κ2) is 7.09. The second-order valence-corrected chi connectivity index (χ2v) is 5.49. The molecule has 0 spiro atoms. The van der Waals surface area contributed by atoms with Gasteiger partial charge in [-0.25, -0.2) is 0 Å². The van der Waals surface area contributed by atoms with E-state index in [1.54, 1.807) is 0 Å². The highest BCUT2D eigenvalue weighted by Crippen LogP contribution is 2.15. The van der Waals surface area contributed by atoms with E-state index in [1.807, 2.05) is 54.6 Å². The third-order valence-electron chi connectivity index (χ3n) is 3.77. The van der Waals surface area contributed by atoms with Gasteiger partial charge >= 0.3 is 0 Å². The number of hydrogen-bond acceptors (Lipinski definition) is 3. The predicted molar refractivity (Wildman–Crippen MR) is 85.4 cm³/mol. The Morgan fingerprint density at radius 3 is 2.59 bits per heavy atom. The van der Waals surface area contributed by atoms with E-state index in [0.717, 1.165) is 30.0 Å². The molecule has 2 aromatic carbocycles. The van der Waals surface area contributed by atoms with Crippen LogP contribution in [0.2, 0.25) is 0 Å². The Hall–Kier alpha value is -2.33. The van der Waals surface area contributed by atoms with Gasteiger partial charge in [-0.05, 0) is 23.3 Å². The van der Waals surface area contributed by atoms with Crippen LogP contribution >= 0.6 is 0 Å². The molecule has 0 aliphatic carbocycles. The van der Waals surface area contributed by atoms with Gasteiger partial charge in [0.25, 0.3) is 0 Å². The van der Waals surface area contributed by atoms with Crippen LogP contribution in [0.15, 0.2) is 54.6 Å². The number of nitrogens with one attached hydrogen (secondary N) is 2. The van der Waals surface area contributed by atoms with Gasteiger partial charge in [0.2, 0.25) is 5.91 Å². The highest BCUT2D eigenvalue weighted by molar-refractivity contribution is 5.79. The van der Waals surface area contributed by atoms with E-state index in [4.69, 9.17) is 4.74 Å². The van der Waals surface area contributed by atoms with Gasteiger partial charge in [0.1, 0.15) is 12.4 Å². The van der Waals surface area contributed by atoms with Gasteiger partial charge in [-0.1, -0.05) is 42.5 Å². The summed E-state index contributed by atoms with van der Waals surface area (Å²) in [7, 11) is 0. The topological polar surface area (TPSA) is 50.4 Å². The number of benzene rings is 2. The summed E-state index contributed by atoms with van der Waals surface area (Å²) in [6.45, 7) is 2.65. The molecule has 4 heteroatoms. The molecule has 0 unspecified atom stereocenters. The van der Waals surface area contributed by atoms with Crippen LogP contribution in [0.5, 0.6) is 5.75 Å². The zero-order valence-electron chi connectivity index (χ0n) is 12.4. The van der Waals surface area contributed by atoms with Crippen LogP contribution in [-0.4, -0.2) is 19.0 Å². The minimum absolute atomic E-state index is 0.120. The lowest BCUT2D eigenvalue weighted by Crippen LogP contribution is -2.50. The third kappa shape index (κ3) is 3.86. The van der Waals surface area contributed by atoms with E-state index < -0.39 is 0 Å². The van der Waals surface area contributed by atoms with Crippen molar-refractivity contribution in [2.75, 3.05) is 13.1 Å². The van der Waals surface area contributed by atoms with E-state index in [9.17, 15) is 4.79 Å². The van der Waals surface area contributed by atoms with Gasteiger partial charge in [-0.3, -0.25) is 4.79 Å². The molecule has 1 heterocycles. The lowest BCUT2D eigenvalue weighted by atomic mass is 10.0. The summed E-state index contributed by atoms with van der Waals surface area (Å²) >= 11 is 0. The first-order valence-corrected chi connectivity index (χ1v) is 7.55. The molecular formula is C18H20N2O2. The van der Waals surface area contributed by atoms with Crippen molar-refractivity contribution in [3.8, 4) is 5.75 Å². The Kier molecular flexibility index (Phi) is 4.71. The maximum Gasteiger partial charge on any atom is 0.225 e. The normalized spacial score (nSPS) is 14.2. The molecule has 1 aliphatic rings. The number of rotatable bonds is 6. The van der Waals surface area contributed by atoms with Crippen molar-refractivity contribution in [1.82, 2.24) is 10.6 Å². The molecular weight excluding hydrogens is 276 g/mol. The van der Waals surface area contributed by atoms with Gasteiger partial charge in [0, 0.05) is 19.6 Å². The minimum Gasteiger partial charge on any atom is -0.489 e. The number of hydrogen-bond donors (Lipinski definition) is 2. The van der Waals surface area contributed by atoms with E-state index in [0.29, 0.717) is 13.2 Å². The molecule has 2 aromatic rings. The molecule has 0 bridgehead atoms. The minimum atomic E-state index is 0.120. The maximum atomic E-state index is 11.8. The summed E-state index contributed by atoms with van der Waals surface area (Å²) in [5, 5.41) is 6.07. The van der Waals surface area contributed by atoms with E-state index in [1.165, 1.54) is 0 Å². The fourth-order valence-corrected chi connectivity index (χ4v) is 2.29. The fraction of sp³-hybridized carbons (Fsp3) is 0.278. The Bertz CT molecular complexity index is 624. The van der Waals surface area contributed by atoms with Crippen LogP contribution in [0.1, 0.15) is 11.1 Å². The summed E-state index contributed by atoms with van der Waals surface area (Å²) in [5.41, 5.74) is 2.19. The molecule has 1 saturated heterocycles. The summed E-state index contributed by atoms with van der Waals surface area (Å²) < 4.78 is 5.80. The van der Waals surface area contributed by atoms with E-state index in [2.05, 4.69) is 10.6 Å². The van der Waals surface area contributed by atoms with Crippen molar-refractivity contribution >= 4 is 5.91 Å². The molecule has 1 fully saturated rings. The molecule has 0 aromatic heterocycles. The van der Waals surface area contributed by atoms with Crippen LogP contribution < -0.4 is 15.4 Å². The zero-order chi connectivity index (χ0) is 15.2. The maximum absolute atomic E-state index is 11.8. The first-order chi connectivity index (χ1) is 10.8. The standard InChI is InChI=1S/C18H20N2O2/c21-18(16-11-19-12-16)20-10-15-7-4-8-17(9-15)22-13-14-5-2-1-3-6-14/h1-9,16,19H,10-13H2,(H,20,21). The summed E-state index contributed by atoms with van der Waals surface area (Å²) in [5.74, 6) is 1.06. The molecule has 1 aliphatic heterocycles.